The summed E-state index contributed by atoms with van der Waals surface area (Å²) in [5, 5.41) is 4.28. The van der Waals surface area contributed by atoms with Crippen molar-refractivity contribution < 1.29 is 0 Å². The molecule has 0 saturated heterocycles. The summed E-state index contributed by atoms with van der Waals surface area (Å²) in [6.07, 6.45) is 4.26. The van der Waals surface area contributed by atoms with Crippen molar-refractivity contribution in [2.75, 3.05) is 18.5 Å². The van der Waals surface area contributed by atoms with Gasteiger partial charge >= 0.3 is 0 Å². The molecule has 0 atom stereocenters. The van der Waals surface area contributed by atoms with Crippen molar-refractivity contribution in [3.05, 3.63) is 65.7 Å². The number of benzene rings is 2. The van der Waals surface area contributed by atoms with Crippen LogP contribution in [0.1, 0.15) is 37.8 Å². The quantitative estimate of drug-likeness (QED) is 0.534. The molecule has 0 unspecified atom stereocenters. The van der Waals surface area contributed by atoms with Gasteiger partial charge in [-0.1, -0.05) is 56.3 Å². The fraction of sp³-hybridized carbons (Fsp3) is 0.350. The monoisotopic (exact) mass is 309 g/mol. The van der Waals surface area contributed by atoms with Gasteiger partial charge in [-0.25, -0.2) is 0 Å². The number of nitrogens with one attached hydrogen (secondary N) is 1. The van der Waals surface area contributed by atoms with Crippen LogP contribution >= 0.6 is 0 Å². The van der Waals surface area contributed by atoms with E-state index in [0.717, 1.165) is 30.9 Å². The fourth-order valence-electron chi connectivity index (χ4n) is 2.56. The number of anilines is 1. The Labute approximate surface area is 140 Å². The molecule has 0 aliphatic carbocycles. The average Bonchev–Trinajstić information content (AvgIpc) is 2.58. The Morgan fingerprint density at radius 2 is 1.57 bits per heavy atom. The van der Waals surface area contributed by atoms with Crippen molar-refractivity contribution in [3.8, 4) is 0 Å². The van der Waals surface area contributed by atoms with Gasteiger partial charge in [0.25, 0.3) is 0 Å². The van der Waals surface area contributed by atoms with Crippen molar-refractivity contribution in [1.29, 1.82) is 0 Å². The summed E-state index contributed by atoms with van der Waals surface area (Å²) in [5.41, 5.74) is 6.50. The molecule has 0 radical (unpaired) electrons. The van der Waals surface area contributed by atoms with Crippen LogP contribution < -0.4 is 5.43 Å². The Morgan fingerprint density at radius 3 is 2.17 bits per heavy atom. The van der Waals surface area contributed by atoms with E-state index < -0.39 is 0 Å². The lowest BCUT2D eigenvalue weighted by atomic mass is 10.1. The molecule has 23 heavy (non-hydrogen) atoms. The zero-order chi connectivity index (χ0) is 16.3. The highest BCUT2D eigenvalue weighted by molar-refractivity contribution is 5.80. The molecular formula is C20H27N3. The molecule has 2 rings (SSSR count). The van der Waals surface area contributed by atoms with Gasteiger partial charge in [0.15, 0.2) is 0 Å². The third-order valence-corrected chi connectivity index (χ3v) is 3.65. The lowest BCUT2D eigenvalue weighted by Gasteiger charge is -2.20. The molecule has 0 aliphatic heterocycles. The zero-order valence-electron chi connectivity index (χ0n) is 14.2. The van der Waals surface area contributed by atoms with E-state index in [-0.39, 0.29) is 0 Å². The minimum atomic E-state index is 0.996. The predicted octanol–water partition coefficient (Wildman–Crippen LogP) is 4.75. The Kier molecular flexibility index (Phi) is 7.34. The standard InChI is InChI=1S/C20H27N3/c1-3-14-23(15-4-2)17-19-12-10-18(11-13-19)16-21-22-20-8-6-5-7-9-20/h5-13,16,22H,3-4,14-15,17H2,1-2H3. The first-order valence-corrected chi connectivity index (χ1v) is 8.47. The van der Waals surface area contributed by atoms with Gasteiger partial charge in [0.2, 0.25) is 0 Å². The summed E-state index contributed by atoms with van der Waals surface area (Å²) in [5.74, 6) is 0. The number of hydrazone groups is 1. The third-order valence-electron chi connectivity index (χ3n) is 3.65. The maximum atomic E-state index is 4.28. The first-order chi connectivity index (χ1) is 11.3. The molecule has 0 aromatic heterocycles. The van der Waals surface area contributed by atoms with Crippen LogP contribution in [0, 0.1) is 0 Å². The molecule has 2 aromatic rings. The molecule has 0 saturated carbocycles. The van der Waals surface area contributed by atoms with Crippen LogP contribution in [0.5, 0.6) is 0 Å². The Bertz CT molecular complexity index is 570. The van der Waals surface area contributed by atoms with Crippen LogP contribution in [0.15, 0.2) is 59.7 Å². The summed E-state index contributed by atoms with van der Waals surface area (Å²) >= 11 is 0. The van der Waals surface area contributed by atoms with E-state index in [2.05, 4.69) is 53.5 Å². The molecule has 3 nitrogen and oxygen atoms in total. The van der Waals surface area contributed by atoms with Gasteiger partial charge in [-0.05, 0) is 49.2 Å². The van der Waals surface area contributed by atoms with Gasteiger partial charge in [0.1, 0.15) is 0 Å². The summed E-state index contributed by atoms with van der Waals surface area (Å²) in [6, 6.07) is 18.6. The van der Waals surface area contributed by atoms with Crippen molar-refractivity contribution in [2.24, 2.45) is 5.10 Å². The highest BCUT2D eigenvalue weighted by Gasteiger charge is 2.03. The van der Waals surface area contributed by atoms with E-state index in [9.17, 15) is 0 Å². The SMILES string of the molecule is CCCN(CCC)Cc1ccc(C=NNc2ccccc2)cc1. The Hall–Kier alpha value is -2.13. The number of hydrogen-bond acceptors (Lipinski definition) is 3. The maximum Gasteiger partial charge on any atom is 0.0561 e. The van der Waals surface area contributed by atoms with Crippen LogP contribution in [0.25, 0.3) is 0 Å². The summed E-state index contributed by atoms with van der Waals surface area (Å²) in [7, 11) is 0. The van der Waals surface area contributed by atoms with Gasteiger partial charge in [0, 0.05) is 6.54 Å². The molecule has 0 fully saturated rings. The van der Waals surface area contributed by atoms with Crippen molar-refractivity contribution in [2.45, 2.75) is 33.2 Å². The number of para-hydroxylation sites is 1. The molecule has 0 spiro atoms. The van der Waals surface area contributed by atoms with Gasteiger partial charge in [-0.15, -0.1) is 0 Å². The largest absolute Gasteiger partial charge is 0.299 e. The fourth-order valence-corrected chi connectivity index (χ4v) is 2.56. The molecule has 0 aliphatic rings. The zero-order valence-corrected chi connectivity index (χ0v) is 14.2. The summed E-state index contributed by atoms with van der Waals surface area (Å²) in [4.78, 5) is 2.51. The average molecular weight is 309 g/mol. The predicted molar refractivity (Wildman–Crippen MR) is 100.0 cm³/mol. The highest BCUT2D eigenvalue weighted by Crippen LogP contribution is 2.08. The lowest BCUT2D eigenvalue weighted by Crippen LogP contribution is -2.24. The van der Waals surface area contributed by atoms with Gasteiger partial charge in [-0.3, -0.25) is 10.3 Å². The van der Waals surface area contributed by atoms with Crippen molar-refractivity contribution >= 4 is 11.9 Å². The van der Waals surface area contributed by atoms with E-state index in [4.69, 9.17) is 0 Å². The second-order valence-electron chi connectivity index (χ2n) is 5.75. The van der Waals surface area contributed by atoms with Crippen molar-refractivity contribution in [1.82, 2.24) is 4.90 Å². The van der Waals surface area contributed by atoms with E-state index in [1.165, 1.54) is 18.4 Å². The minimum Gasteiger partial charge on any atom is -0.299 e. The molecule has 0 bridgehead atoms. The van der Waals surface area contributed by atoms with Gasteiger partial charge < -0.3 is 0 Å². The highest BCUT2D eigenvalue weighted by atomic mass is 15.3. The lowest BCUT2D eigenvalue weighted by molar-refractivity contribution is 0.266. The van der Waals surface area contributed by atoms with Gasteiger partial charge in [-0.2, -0.15) is 5.10 Å². The van der Waals surface area contributed by atoms with Crippen LogP contribution in [0.2, 0.25) is 0 Å². The third kappa shape index (κ3) is 6.25. The van der Waals surface area contributed by atoms with Crippen LogP contribution in [-0.2, 0) is 6.54 Å². The molecular weight excluding hydrogens is 282 g/mol. The van der Waals surface area contributed by atoms with Crippen LogP contribution in [0.4, 0.5) is 5.69 Å². The molecule has 122 valence electrons. The normalized spacial score (nSPS) is 11.3. The second-order valence-corrected chi connectivity index (χ2v) is 5.75. The van der Waals surface area contributed by atoms with E-state index >= 15 is 0 Å². The van der Waals surface area contributed by atoms with E-state index in [0.29, 0.717) is 0 Å². The molecule has 0 amide bonds. The van der Waals surface area contributed by atoms with Crippen LogP contribution in [-0.4, -0.2) is 24.2 Å². The first-order valence-electron chi connectivity index (χ1n) is 8.47. The molecule has 1 N–H and O–H groups in total. The smallest absolute Gasteiger partial charge is 0.0561 e. The number of nitrogens with zero attached hydrogens (tertiary/aromatic N) is 2. The molecule has 3 heteroatoms. The topological polar surface area (TPSA) is 27.6 Å². The van der Waals surface area contributed by atoms with E-state index in [1.807, 2.05) is 36.5 Å². The van der Waals surface area contributed by atoms with Crippen molar-refractivity contribution in [3.63, 3.8) is 0 Å². The Morgan fingerprint density at radius 1 is 0.913 bits per heavy atom. The Balaban J connectivity index is 1.88. The van der Waals surface area contributed by atoms with Gasteiger partial charge in [0.05, 0.1) is 11.9 Å². The van der Waals surface area contributed by atoms with E-state index in [1.54, 1.807) is 0 Å². The molecule has 2 aromatic carbocycles. The maximum absolute atomic E-state index is 4.28. The summed E-state index contributed by atoms with van der Waals surface area (Å²) < 4.78 is 0. The first kappa shape index (κ1) is 17.2. The number of rotatable bonds is 9. The summed E-state index contributed by atoms with van der Waals surface area (Å²) in [6.45, 7) is 7.83. The minimum absolute atomic E-state index is 0.996. The molecule has 0 heterocycles. The van der Waals surface area contributed by atoms with Crippen LogP contribution in [0.3, 0.4) is 0 Å². The number of hydrogen-bond donors (Lipinski definition) is 1. The second kappa shape index (κ2) is 9.80.